The molecule has 1 aromatic carbocycles. The summed E-state index contributed by atoms with van der Waals surface area (Å²) in [5, 5.41) is 14.7. The molecule has 29 heavy (non-hydrogen) atoms. The number of nitrogens with one attached hydrogen (secondary N) is 1. The van der Waals surface area contributed by atoms with Gasteiger partial charge in [-0.05, 0) is 38.1 Å². The minimum Gasteiger partial charge on any atom is -0.489 e. The van der Waals surface area contributed by atoms with E-state index in [1.807, 2.05) is 23.8 Å². The van der Waals surface area contributed by atoms with Crippen molar-refractivity contribution in [1.82, 2.24) is 29.7 Å². The maximum absolute atomic E-state index is 5.94. The molecule has 1 aliphatic rings. The van der Waals surface area contributed by atoms with Gasteiger partial charge in [-0.1, -0.05) is 11.3 Å². The molecule has 5 rings (SSSR count). The van der Waals surface area contributed by atoms with Crippen LogP contribution in [0.2, 0.25) is 0 Å². The number of methoxy groups -OCH3 is 1. The van der Waals surface area contributed by atoms with Gasteiger partial charge in [-0.25, -0.2) is 9.50 Å². The number of hydrogen-bond donors (Lipinski definition) is 1. The Morgan fingerprint density at radius 3 is 2.83 bits per heavy atom. The summed E-state index contributed by atoms with van der Waals surface area (Å²) in [5.74, 6) is 1.28. The van der Waals surface area contributed by atoms with Crippen molar-refractivity contribution in [3.8, 4) is 16.3 Å². The largest absolute Gasteiger partial charge is 0.489 e. The van der Waals surface area contributed by atoms with Crippen molar-refractivity contribution >= 4 is 27.2 Å². The number of nitrogens with zero attached hydrogens (tertiary/aromatic N) is 5. The van der Waals surface area contributed by atoms with Gasteiger partial charge >= 0.3 is 0 Å². The average Bonchev–Trinajstić information content (AvgIpc) is 3.40. The first-order valence-electron chi connectivity index (χ1n) is 9.87. The summed E-state index contributed by atoms with van der Waals surface area (Å²) < 4.78 is 14.8. The van der Waals surface area contributed by atoms with Crippen LogP contribution < -0.4 is 10.1 Å². The highest BCUT2D eigenvalue weighted by Gasteiger charge is 2.20. The van der Waals surface area contributed by atoms with E-state index in [0.717, 1.165) is 63.8 Å². The van der Waals surface area contributed by atoms with Crippen molar-refractivity contribution in [3.63, 3.8) is 0 Å². The van der Waals surface area contributed by atoms with Crippen LogP contribution in [0, 0.1) is 0 Å². The van der Waals surface area contributed by atoms with Crippen molar-refractivity contribution in [3.05, 3.63) is 30.2 Å². The monoisotopic (exact) mass is 412 g/mol. The highest BCUT2D eigenvalue weighted by atomic mass is 32.1. The van der Waals surface area contributed by atoms with E-state index < -0.39 is 0 Å². The molecule has 0 amide bonds. The molecule has 1 saturated heterocycles. The van der Waals surface area contributed by atoms with Crippen LogP contribution in [-0.2, 0) is 11.8 Å². The van der Waals surface area contributed by atoms with Gasteiger partial charge in [0.2, 0.25) is 4.96 Å². The quantitative estimate of drug-likeness (QED) is 0.491. The first-order chi connectivity index (χ1) is 14.2. The van der Waals surface area contributed by atoms with Crippen LogP contribution in [0.15, 0.2) is 24.5 Å². The number of hydrogen-bond acceptors (Lipinski definition) is 7. The molecular weight excluding hydrogens is 388 g/mol. The summed E-state index contributed by atoms with van der Waals surface area (Å²) in [6.45, 7) is 3.13. The fraction of sp³-hybridized carbons (Fsp3) is 0.450. The first kappa shape index (κ1) is 18.5. The lowest BCUT2D eigenvalue weighted by atomic mass is 9.95. The third kappa shape index (κ3) is 3.61. The standard InChI is InChI=1S/C20H24N6O2S/c1-25-11-15-9-14(10-17(18(15)23-25)28-8-7-27-2)19-24-26-12-16(22-20(26)29-19)13-3-5-21-6-4-13/h9-13,21H,3-8H2,1-2H3. The number of benzene rings is 1. The first-order valence-corrected chi connectivity index (χ1v) is 10.7. The molecule has 0 spiro atoms. The zero-order chi connectivity index (χ0) is 19.8. The van der Waals surface area contributed by atoms with Crippen molar-refractivity contribution in [2.75, 3.05) is 33.4 Å². The van der Waals surface area contributed by atoms with Crippen LogP contribution in [-0.4, -0.2) is 57.8 Å². The van der Waals surface area contributed by atoms with E-state index >= 15 is 0 Å². The van der Waals surface area contributed by atoms with E-state index in [4.69, 9.17) is 19.6 Å². The molecular formula is C20H24N6O2S. The molecule has 0 atom stereocenters. The van der Waals surface area contributed by atoms with E-state index in [1.54, 1.807) is 23.1 Å². The maximum Gasteiger partial charge on any atom is 0.212 e. The molecule has 152 valence electrons. The number of imidazole rings is 1. The zero-order valence-corrected chi connectivity index (χ0v) is 17.4. The third-order valence-electron chi connectivity index (χ3n) is 5.30. The van der Waals surface area contributed by atoms with Gasteiger partial charge in [0.05, 0.1) is 18.5 Å². The van der Waals surface area contributed by atoms with Crippen molar-refractivity contribution < 1.29 is 9.47 Å². The molecule has 0 saturated carbocycles. The fourth-order valence-electron chi connectivity index (χ4n) is 3.84. The molecule has 0 unspecified atom stereocenters. The molecule has 0 bridgehead atoms. The highest BCUT2D eigenvalue weighted by Crippen LogP contribution is 2.34. The van der Waals surface area contributed by atoms with E-state index in [1.165, 1.54) is 0 Å². The lowest BCUT2D eigenvalue weighted by Crippen LogP contribution is -2.26. The Balaban J connectivity index is 1.49. The Labute approximate surface area is 172 Å². The topological polar surface area (TPSA) is 78.5 Å². The molecule has 1 aliphatic heterocycles. The van der Waals surface area contributed by atoms with Crippen LogP contribution in [0.4, 0.5) is 0 Å². The average molecular weight is 413 g/mol. The fourth-order valence-corrected chi connectivity index (χ4v) is 4.71. The van der Waals surface area contributed by atoms with E-state index in [2.05, 4.69) is 22.7 Å². The minimum absolute atomic E-state index is 0.479. The van der Waals surface area contributed by atoms with Gasteiger partial charge in [-0.2, -0.15) is 10.2 Å². The molecule has 4 heterocycles. The molecule has 0 aliphatic carbocycles. The van der Waals surface area contributed by atoms with E-state index in [0.29, 0.717) is 19.1 Å². The molecule has 0 radical (unpaired) electrons. The predicted octanol–water partition coefficient (Wildman–Crippen LogP) is 2.84. The Bertz CT molecular complexity index is 1110. The second-order valence-corrected chi connectivity index (χ2v) is 8.34. The summed E-state index contributed by atoms with van der Waals surface area (Å²) in [7, 11) is 3.58. The summed E-state index contributed by atoms with van der Waals surface area (Å²) in [4.78, 5) is 5.79. The molecule has 1 N–H and O–H groups in total. The number of rotatable bonds is 6. The van der Waals surface area contributed by atoms with Crippen LogP contribution in [0.3, 0.4) is 0 Å². The van der Waals surface area contributed by atoms with E-state index in [-0.39, 0.29) is 0 Å². The lowest BCUT2D eigenvalue weighted by Gasteiger charge is -2.20. The lowest BCUT2D eigenvalue weighted by molar-refractivity contribution is 0.147. The summed E-state index contributed by atoms with van der Waals surface area (Å²) in [5.41, 5.74) is 3.02. The number of ether oxygens (including phenoxy) is 2. The normalized spacial score (nSPS) is 15.5. The van der Waals surface area contributed by atoms with Crippen molar-refractivity contribution in [1.29, 1.82) is 0 Å². The molecule has 1 fully saturated rings. The number of aromatic nitrogens is 5. The zero-order valence-electron chi connectivity index (χ0n) is 16.6. The summed E-state index contributed by atoms with van der Waals surface area (Å²) in [6, 6.07) is 4.12. The smallest absolute Gasteiger partial charge is 0.212 e. The molecule has 3 aromatic heterocycles. The molecule has 8 nitrogen and oxygen atoms in total. The Hall–Kier alpha value is -2.49. The Morgan fingerprint density at radius 2 is 2.03 bits per heavy atom. The number of fused-ring (bicyclic) bond motifs is 2. The highest BCUT2D eigenvalue weighted by molar-refractivity contribution is 7.19. The van der Waals surface area contributed by atoms with Gasteiger partial charge in [0, 0.05) is 37.2 Å². The second kappa shape index (κ2) is 7.74. The van der Waals surface area contributed by atoms with Gasteiger partial charge in [0.15, 0.2) is 0 Å². The summed E-state index contributed by atoms with van der Waals surface area (Å²) >= 11 is 1.61. The van der Waals surface area contributed by atoms with Crippen LogP contribution in [0.1, 0.15) is 24.5 Å². The second-order valence-electron chi connectivity index (χ2n) is 7.38. The SMILES string of the molecule is COCCOc1cc(-c2nn3cc(C4CCNCC4)nc3s2)cc2cn(C)nc12. The molecule has 9 heteroatoms. The van der Waals surface area contributed by atoms with Crippen LogP contribution in [0.25, 0.3) is 26.4 Å². The summed E-state index contributed by atoms with van der Waals surface area (Å²) in [6.07, 6.45) is 6.36. The minimum atomic E-state index is 0.479. The van der Waals surface area contributed by atoms with Gasteiger partial charge in [0.25, 0.3) is 0 Å². The third-order valence-corrected chi connectivity index (χ3v) is 6.27. The number of piperidine rings is 1. The van der Waals surface area contributed by atoms with Gasteiger partial charge in [0.1, 0.15) is 22.9 Å². The maximum atomic E-state index is 5.94. The van der Waals surface area contributed by atoms with E-state index in [9.17, 15) is 0 Å². The van der Waals surface area contributed by atoms with Crippen LogP contribution in [0.5, 0.6) is 5.75 Å². The van der Waals surface area contributed by atoms with Gasteiger partial charge in [-0.15, -0.1) is 0 Å². The van der Waals surface area contributed by atoms with Crippen molar-refractivity contribution in [2.24, 2.45) is 7.05 Å². The molecule has 4 aromatic rings. The van der Waals surface area contributed by atoms with Gasteiger partial charge in [-0.3, -0.25) is 4.68 Å². The number of aryl methyl sites for hydroxylation is 1. The van der Waals surface area contributed by atoms with Crippen LogP contribution >= 0.6 is 11.3 Å². The van der Waals surface area contributed by atoms with Gasteiger partial charge < -0.3 is 14.8 Å². The Kier molecular flexibility index (Phi) is 4.94. The Morgan fingerprint density at radius 1 is 1.17 bits per heavy atom. The predicted molar refractivity (Wildman–Crippen MR) is 113 cm³/mol. The van der Waals surface area contributed by atoms with Crippen molar-refractivity contribution in [2.45, 2.75) is 18.8 Å².